The van der Waals surface area contributed by atoms with Gasteiger partial charge in [0, 0.05) is 25.7 Å². The molecule has 0 radical (unpaired) electrons. The summed E-state index contributed by atoms with van der Waals surface area (Å²) in [7, 11) is 1.65. The first-order chi connectivity index (χ1) is 19.2. The number of carbonyl (C=O) groups excluding carboxylic acids is 4. The van der Waals surface area contributed by atoms with Crippen LogP contribution in [-0.2, 0) is 32.1 Å². The number of hydrogen-bond acceptors (Lipinski definition) is 5. The molecule has 3 N–H and O–H groups in total. The van der Waals surface area contributed by atoms with Crippen LogP contribution in [0.5, 0.6) is 0 Å². The largest absolute Gasteiger partial charge is 0.350 e. The third-order valence-corrected chi connectivity index (χ3v) is 7.84. The van der Waals surface area contributed by atoms with Crippen LogP contribution in [0.4, 0.5) is 4.39 Å². The molecule has 2 aromatic rings. The van der Waals surface area contributed by atoms with Gasteiger partial charge in [-0.15, -0.1) is 0 Å². The molecule has 2 fully saturated rings. The Labute approximate surface area is 234 Å². The molecule has 2 aliphatic heterocycles. The van der Waals surface area contributed by atoms with Gasteiger partial charge in [0.2, 0.25) is 23.6 Å². The predicted octanol–water partition coefficient (Wildman–Crippen LogP) is 1.68. The van der Waals surface area contributed by atoms with E-state index in [2.05, 4.69) is 16.0 Å². The lowest BCUT2D eigenvalue weighted by Crippen LogP contribution is -2.62. The minimum atomic E-state index is -1.01. The zero-order valence-corrected chi connectivity index (χ0v) is 23.3. The summed E-state index contributed by atoms with van der Waals surface area (Å²) in [5.74, 6) is -1.56. The van der Waals surface area contributed by atoms with Crippen molar-refractivity contribution in [3.8, 4) is 0 Å². The number of nitrogens with one attached hydrogen (secondary N) is 3. The summed E-state index contributed by atoms with van der Waals surface area (Å²) in [5.41, 5.74) is 2.76. The summed E-state index contributed by atoms with van der Waals surface area (Å²) in [6, 6.07) is 11.2. The van der Waals surface area contributed by atoms with Gasteiger partial charge in [-0.2, -0.15) is 0 Å². The highest BCUT2D eigenvalue weighted by Gasteiger charge is 2.45. The van der Waals surface area contributed by atoms with Crippen molar-refractivity contribution in [1.29, 1.82) is 0 Å². The number of halogens is 1. The van der Waals surface area contributed by atoms with Crippen LogP contribution in [0.25, 0.3) is 0 Å². The molecule has 40 heavy (non-hydrogen) atoms. The molecule has 214 valence electrons. The third-order valence-electron chi connectivity index (χ3n) is 7.84. The molecule has 2 heterocycles. The maximum atomic E-state index is 13.9. The molecule has 2 aromatic carbocycles. The molecule has 9 nitrogen and oxygen atoms in total. The fraction of sp³-hybridized carbons (Fsp3) is 0.467. The number of likely N-dealkylation sites (N-methyl/N-ethyl adjacent to an activating group) is 1. The fourth-order valence-electron chi connectivity index (χ4n) is 5.30. The highest BCUT2D eigenvalue weighted by Crippen LogP contribution is 2.29. The van der Waals surface area contributed by atoms with Crippen LogP contribution in [0.3, 0.4) is 0 Å². The molecule has 0 aliphatic carbocycles. The van der Waals surface area contributed by atoms with Crippen LogP contribution in [0.1, 0.15) is 42.9 Å². The third kappa shape index (κ3) is 7.04. The summed E-state index contributed by atoms with van der Waals surface area (Å²) >= 11 is 0. The molecule has 4 atom stereocenters. The molecule has 0 saturated carbocycles. The first-order valence-corrected chi connectivity index (χ1v) is 13.8. The van der Waals surface area contributed by atoms with Crippen molar-refractivity contribution in [3.63, 3.8) is 0 Å². The van der Waals surface area contributed by atoms with Gasteiger partial charge in [0.15, 0.2) is 0 Å². The monoisotopic (exact) mass is 551 g/mol. The molecular weight excluding hydrogens is 513 g/mol. The lowest BCUT2D eigenvalue weighted by molar-refractivity contribution is -0.147. The van der Waals surface area contributed by atoms with Crippen LogP contribution >= 0.6 is 0 Å². The summed E-state index contributed by atoms with van der Waals surface area (Å²) in [5, 5.41) is 8.65. The van der Waals surface area contributed by atoms with Crippen LogP contribution in [0.15, 0.2) is 48.5 Å². The molecule has 0 aromatic heterocycles. The number of fused-ring (bicyclic) bond motifs is 1. The van der Waals surface area contributed by atoms with Crippen LogP contribution in [0.2, 0.25) is 0 Å². The number of nitrogens with zero attached hydrogens (tertiary/aromatic N) is 2. The van der Waals surface area contributed by atoms with Crippen molar-refractivity contribution in [3.05, 3.63) is 71.0 Å². The number of benzene rings is 2. The number of carbonyl (C=O) groups is 4. The van der Waals surface area contributed by atoms with E-state index in [1.165, 1.54) is 12.1 Å². The smallest absolute Gasteiger partial charge is 0.247 e. The summed E-state index contributed by atoms with van der Waals surface area (Å²) in [6.07, 6.45) is 1.71. The van der Waals surface area contributed by atoms with Crippen LogP contribution < -0.4 is 16.0 Å². The Morgan fingerprint density at radius 3 is 2.35 bits per heavy atom. The Morgan fingerprint density at radius 2 is 1.68 bits per heavy atom. The molecule has 2 aliphatic rings. The van der Waals surface area contributed by atoms with Crippen molar-refractivity contribution >= 4 is 23.6 Å². The van der Waals surface area contributed by atoms with Gasteiger partial charge in [0.05, 0.1) is 12.5 Å². The van der Waals surface area contributed by atoms with E-state index in [-0.39, 0.29) is 48.5 Å². The average molecular weight is 552 g/mol. The topological polar surface area (TPSA) is 111 Å². The van der Waals surface area contributed by atoms with E-state index in [9.17, 15) is 23.6 Å². The SMILES string of the molecule is CN[C@@H](C)C(=O)N[C@H]1CN(C(=O)Cc2ccc(F)cc2)CC[C@H]2CC[C@@H](C(=O)NCc3ccc(C)cc3)N2C1=O. The molecule has 4 amide bonds. The lowest BCUT2D eigenvalue weighted by atomic mass is 10.0. The highest BCUT2D eigenvalue weighted by atomic mass is 19.1. The molecule has 0 unspecified atom stereocenters. The first-order valence-electron chi connectivity index (χ1n) is 13.8. The first kappa shape index (κ1) is 29.2. The van der Waals surface area contributed by atoms with Crippen molar-refractivity contribution < 1.29 is 23.6 Å². The van der Waals surface area contributed by atoms with Gasteiger partial charge in [0.25, 0.3) is 0 Å². The van der Waals surface area contributed by atoms with Gasteiger partial charge in [0.1, 0.15) is 17.9 Å². The molecule has 10 heteroatoms. The van der Waals surface area contributed by atoms with Crippen molar-refractivity contribution in [1.82, 2.24) is 25.8 Å². The van der Waals surface area contributed by atoms with Crippen LogP contribution in [0, 0.1) is 12.7 Å². The lowest BCUT2D eigenvalue weighted by Gasteiger charge is -2.39. The van der Waals surface area contributed by atoms with Gasteiger partial charge in [-0.3, -0.25) is 19.2 Å². The van der Waals surface area contributed by atoms with E-state index in [1.807, 2.05) is 31.2 Å². The number of aryl methyl sites for hydroxylation is 1. The van der Waals surface area contributed by atoms with Gasteiger partial charge in [-0.25, -0.2) is 4.39 Å². The second kappa shape index (κ2) is 13.0. The molecule has 0 spiro atoms. The maximum Gasteiger partial charge on any atom is 0.247 e. The van der Waals surface area contributed by atoms with Gasteiger partial charge in [-0.05, 0) is 63.4 Å². The van der Waals surface area contributed by atoms with E-state index >= 15 is 0 Å². The van der Waals surface area contributed by atoms with Gasteiger partial charge in [-0.1, -0.05) is 42.0 Å². The number of hydrogen-bond donors (Lipinski definition) is 3. The average Bonchev–Trinajstić information content (AvgIpc) is 3.37. The van der Waals surface area contributed by atoms with Crippen molar-refractivity contribution in [2.75, 3.05) is 20.1 Å². The number of rotatable bonds is 8. The van der Waals surface area contributed by atoms with E-state index in [4.69, 9.17) is 0 Å². The Morgan fingerprint density at radius 1 is 1.00 bits per heavy atom. The second-order valence-electron chi connectivity index (χ2n) is 10.7. The Hall–Kier alpha value is -3.79. The van der Waals surface area contributed by atoms with E-state index in [0.29, 0.717) is 37.9 Å². The minimum Gasteiger partial charge on any atom is -0.350 e. The second-order valence-corrected chi connectivity index (χ2v) is 10.7. The standard InChI is InChI=1S/C30H38FN5O4/c1-19-4-6-22(7-5-19)17-33-29(39)26-13-12-24-14-15-35(27(37)16-21-8-10-23(31)11-9-21)18-25(30(40)36(24)26)34-28(38)20(2)32-3/h4-11,20,24-26,32H,12-18H2,1-3H3,(H,33,39)(H,34,38)/t20-,24+,25-,26-/m0/s1. The fourth-order valence-corrected chi connectivity index (χ4v) is 5.30. The van der Waals surface area contributed by atoms with Crippen molar-refractivity contribution in [2.45, 2.75) is 70.2 Å². The van der Waals surface area contributed by atoms with Gasteiger partial charge >= 0.3 is 0 Å². The molecule has 4 rings (SSSR count). The molecule has 0 bridgehead atoms. The zero-order chi connectivity index (χ0) is 28.8. The number of amides is 4. The Balaban J connectivity index is 1.51. The summed E-state index contributed by atoms with van der Waals surface area (Å²) in [4.78, 5) is 56.5. The van der Waals surface area contributed by atoms with Gasteiger partial charge < -0.3 is 25.8 Å². The maximum absolute atomic E-state index is 13.9. The van der Waals surface area contributed by atoms with E-state index in [0.717, 1.165) is 11.1 Å². The Kier molecular flexibility index (Phi) is 9.52. The van der Waals surface area contributed by atoms with Crippen LogP contribution in [-0.4, -0.2) is 77.7 Å². The predicted molar refractivity (Wildman–Crippen MR) is 148 cm³/mol. The zero-order valence-electron chi connectivity index (χ0n) is 23.3. The van der Waals surface area contributed by atoms with E-state index < -0.39 is 18.1 Å². The van der Waals surface area contributed by atoms with E-state index in [1.54, 1.807) is 35.9 Å². The highest BCUT2D eigenvalue weighted by molar-refractivity contribution is 5.94. The normalized spacial score (nSPS) is 21.7. The molecule has 2 saturated heterocycles. The summed E-state index contributed by atoms with van der Waals surface area (Å²) in [6.45, 7) is 4.40. The quantitative estimate of drug-likeness (QED) is 0.463. The molecular formula is C30H38FN5O4. The Bertz CT molecular complexity index is 1220. The van der Waals surface area contributed by atoms with Crippen molar-refractivity contribution in [2.24, 2.45) is 0 Å². The minimum absolute atomic E-state index is 0.0119. The summed E-state index contributed by atoms with van der Waals surface area (Å²) < 4.78 is 13.3.